The van der Waals surface area contributed by atoms with Gasteiger partial charge in [0.25, 0.3) is 10.0 Å². The Morgan fingerprint density at radius 3 is 2.21 bits per heavy atom. The lowest BCUT2D eigenvalue weighted by Gasteiger charge is -2.37. The summed E-state index contributed by atoms with van der Waals surface area (Å²) in [6, 6.07) is 22.9. The van der Waals surface area contributed by atoms with E-state index in [1.54, 1.807) is 54.6 Å². The molecule has 1 amide bonds. The maximum atomic E-state index is 13.1. The lowest BCUT2D eigenvalue weighted by atomic mass is 9.99. The number of piperazine rings is 1. The van der Waals surface area contributed by atoms with Gasteiger partial charge in [-0.15, -0.1) is 0 Å². The summed E-state index contributed by atoms with van der Waals surface area (Å²) in [6.45, 7) is 4.67. The summed E-state index contributed by atoms with van der Waals surface area (Å²) < 4.78 is 27.6. The Hall–Kier alpha value is -3.03. The highest BCUT2D eigenvalue weighted by Crippen LogP contribution is 2.25. The molecular formula is C25H26ClN3O3S. The lowest BCUT2D eigenvalue weighted by Crippen LogP contribution is -2.49. The van der Waals surface area contributed by atoms with Crippen molar-refractivity contribution in [3.8, 4) is 0 Å². The van der Waals surface area contributed by atoms with Crippen LogP contribution in [0.15, 0.2) is 83.8 Å². The molecule has 1 fully saturated rings. The second-order valence-electron chi connectivity index (χ2n) is 8.05. The molecule has 0 radical (unpaired) electrons. The first-order valence-corrected chi connectivity index (χ1v) is 12.7. The zero-order valence-corrected chi connectivity index (χ0v) is 19.9. The first kappa shape index (κ1) is 23.1. The van der Waals surface area contributed by atoms with Crippen LogP contribution in [0.25, 0.3) is 0 Å². The van der Waals surface area contributed by atoms with E-state index in [1.165, 1.54) is 0 Å². The van der Waals surface area contributed by atoms with Gasteiger partial charge in [0.15, 0.2) is 0 Å². The quantitative estimate of drug-likeness (QED) is 0.556. The van der Waals surface area contributed by atoms with Crippen LogP contribution in [-0.4, -0.2) is 45.4 Å². The average Bonchev–Trinajstić information content (AvgIpc) is 2.84. The maximum absolute atomic E-state index is 13.1. The maximum Gasteiger partial charge on any atom is 0.261 e. The van der Waals surface area contributed by atoms with E-state index in [0.29, 0.717) is 23.8 Å². The number of carbonyl (C=O) groups excluding carboxylic acids is 1. The molecule has 1 aliphatic rings. The number of rotatable bonds is 6. The Morgan fingerprint density at radius 2 is 1.58 bits per heavy atom. The number of halogens is 1. The summed E-state index contributed by atoms with van der Waals surface area (Å²) in [5.41, 5.74) is 2.37. The minimum absolute atomic E-state index is 0.0679. The van der Waals surface area contributed by atoms with Crippen LogP contribution in [0.5, 0.6) is 0 Å². The molecule has 8 heteroatoms. The van der Waals surface area contributed by atoms with E-state index in [2.05, 4.69) is 9.62 Å². The van der Waals surface area contributed by atoms with Crippen molar-refractivity contribution in [2.24, 2.45) is 0 Å². The van der Waals surface area contributed by atoms with E-state index in [4.69, 9.17) is 11.6 Å². The number of nitrogens with one attached hydrogen (secondary N) is 1. The Balaban J connectivity index is 1.36. The van der Waals surface area contributed by atoms with Gasteiger partial charge in [0, 0.05) is 42.6 Å². The van der Waals surface area contributed by atoms with Crippen molar-refractivity contribution in [1.82, 2.24) is 4.90 Å². The van der Waals surface area contributed by atoms with Gasteiger partial charge in [-0.05, 0) is 55.0 Å². The molecule has 0 spiro atoms. The van der Waals surface area contributed by atoms with E-state index in [-0.39, 0.29) is 16.7 Å². The van der Waals surface area contributed by atoms with Crippen LogP contribution in [0.4, 0.5) is 11.4 Å². The molecule has 0 aliphatic carbocycles. The second kappa shape index (κ2) is 9.85. The highest BCUT2D eigenvalue weighted by molar-refractivity contribution is 7.92. The summed E-state index contributed by atoms with van der Waals surface area (Å²) in [5, 5.41) is 0.703. The van der Waals surface area contributed by atoms with Gasteiger partial charge in [-0.2, -0.15) is 0 Å². The normalized spacial score (nSPS) is 15.2. The van der Waals surface area contributed by atoms with Gasteiger partial charge in [0.05, 0.1) is 10.8 Å². The van der Waals surface area contributed by atoms with E-state index in [0.717, 1.165) is 24.3 Å². The third kappa shape index (κ3) is 5.49. The molecule has 1 saturated heterocycles. The van der Waals surface area contributed by atoms with Crippen LogP contribution in [0.2, 0.25) is 5.02 Å². The average molecular weight is 484 g/mol. The Labute approximate surface area is 199 Å². The molecule has 6 nitrogen and oxygen atoms in total. The summed E-state index contributed by atoms with van der Waals surface area (Å²) in [7, 11) is -3.65. The standard InChI is InChI=1S/C25H26ClN3O3S/c1-19(25(30)29-16-14-28(15-17-29)23-7-5-6-21(26)18-23)20-10-12-22(13-11-20)27-33(31,32)24-8-3-2-4-9-24/h2-13,18-19,27H,14-17H2,1H3. The number of anilines is 2. The highest BCUT2D eigenvalue weighted by atomic mass is 35.5. The SMILES string of the molecule is CC(C(=O)N1CCN(c2cccc(Cl)c2)CC1)c1ccc(NS(=O)(=O)c2ccccc2)cc1. The molecule has 172 valence electrons. The molecule has 3 aromatic rings. The minimum Gasteiger partial charge on any atom is -0.368 e. The van der Waals surface area contributed by atoms with Crippen LogP contribution in [0, 0.1) is 0 Å². The summed E-state index contributed by atoms with van der Waals surface area (Å²) in [6.07, 6.45) is 0. The first-order valence-electron chi connectivity index (χ1n) is 10.8. The molecule has 0 saturated carbocycles. The molecule has 33 heavy (non-hydrogen) atoms. The number of sulfonamides is 1. The Kier molecular flexibility index (Phi) is 6.91. The zero-order chi connectivity index (χ0) is 23.4. The molecular weight excluding hydrogens is 458 g/mol. The van der Waals surface area contributed by atoms with Crippen molar-refractivity contribution in [2.45, 2.75) is 17.7 Å². The van der Waals surface area contributed by atoms with E-state index < -0.39 is 10.0 Å². The molecule has 0 aromatic heterocycles. The predicted octanol–water partition coefficient (Wildman–Crippen LogP) is 4.59. The molecule has 1 unspecified atom stereocenters. The smallest absolute Gasteiger partial charge is 0.261 e. The van der Waals surface area contributed by atoms with Crippen LogP contribution < -0.4 is 9.62 Å². The fraction of sp³-hybridized carbons (Fsp3) is 0.240. The van der Waals surface area contributed by atoms with Gasteiger partial charge in [0.1, 0.15) is 0 Å². The number of amides is 1. The van der Waals surface area contributed by atoms with Gasteiger partial charge >= 0.3 is 0 Å². The van der Waals surface area contributed by atoms with Crippen LogP contribution in [0.1, 0.15) is 18.4 Å². The molecule has 1 atom stereocenters. The third-order valence-electron chi connectivity index (χ3n) is 5.85. The highest BCUT2D eigenvalue weighted by Gasteiger charge is 2.26. The second-order valence-corrected chi connectivity index (χ2v) is 10.2. The van der Waals surface area contributed by atoms with Gasteiger partial charge in [-0.3, -0.25) is 9.52 Å². The van der Waals surface area contributed by atoms with E-state index in [9.17, 15) is 13.2 Å². The molecule has 3 aromatic carbocycles. The number of carbonyl (C=O) groups is 1. The number of hydrogen-bond donors (Lipinski definition) is 1. The van der Waals surface area contributed by atoms with Gasteiger partial charge in [-0.25, -0.2) is 8.42 Å². The van der Waals surface area contributed by atoms with E-state index >= 15 is 0 Å². The Bertz CT molecular complexity index is 1210. The summed E-state index contributed by atoms with van der Waals surface area (Å²) >= 11 is 6.10. The number of hydrogen-bond acceptors (Lipinski definition) is 4. The van der Waals surface area contributed by atoms with Crippen molar-refractivity contribution in [2.75, 3.05) is 35.8 Å². The Morgan fingerprint density at radius 1 is 0.909 bits per heavy atom. The summed E-state index contributed by atoms with van der Waals surface area (Å²) in [4.78, 5) is 17.4. The molecule has 1 aliphatic heterocycles. The van der Waals surface area contributed by atoms with Gasteiger partial charge in [0.2, 0.25) is 5.91 Å². The molecule has 1 N–H and O–H groups in total. The monoisotopic (exact) mass is 483 g/mol. The fourth-order valence-corrected chi connectivity index (χ4v) is 5.19. The van der Waals surface area contributed by atoms with Crippen LogP contribution >= 0.6 is 11.6 Å². The van der Waals surface area contributed by atoms with E-state index in [1.807, 2.05) is 36.1 Å². The van der Waals surface area contributed by atoms with Crippen molar-refractivity contribution in [1.29, 1.82) is 0 Å². The predicted molar refractivity (Wildman–Crippen MR) is 132 cm³/mol. The number of nitrogens with zero attached hydrogens (tertiary/aromatic N) is 2. The van der Waals surface area contributed by atoms with Crippen molar-refractivity contribution in [3.63, 3.8) is 0 Å². The lowest BCUT2D eigenvalue weighted by molar-refractivity contribution is -0.132. The zero-order valence-electron chi connectivity index (χ0n) is 18.3. The van der Waals surface area contributed by atoms with Crippen LogP contribution in [-0.2, 0) is 14.8 Å². The van der Waals surface area contributed by atoms with Crippen molar-refractivity contribution < 1.29 is 13.2 Å². The molecule has 4 rings (SSSR count). The number of benzene rings is 3. The fourth-order valence-electron chi connectivity index (χ4n) is 3.93. The van der Waals surface area contributed by atoms with Crippen molar-refractivity contribution >= 4 is 38.9 Å². The first-order chi connectivity index (χ1) is 15.8. The van der Waals surface area contributed by atoms with Crippen LogP contribution in [0.3, 0.4) is 0 Å². The largest absolute Gasteiger partial charge is 0.368 e. The van der Waals surface area contributed by atoms with Gasteiger partial charge in [-0.1, -0.05) is 48.0 Å². The molecule has 1 heterocycles. The third-order valence-corrected chi connectivity index (χ3v) is 7.48. The summed E-state index contributed by atoms with van der Waals surface area (Å²) in [5.74, 6) is -0.249. The topological polar surface area (TPSA) is 69.7 Å². The van der Waals surface area contributed by atoms with Gasteiger partial charge < -0.3 is 9.80 Å². The minimum atomic E-state index is -3.65. The molecule has 0 bridgehead atoms. The van der Waals surface area contributed by atoms with Crippen molar-refractivity contribution in [3.05, 3.63) is 89.4 Å².